The molecule has 2 aliphatic heterocycles. The first-order valence-corrected chi connectivity index (χ1v) is 12.7. The Labute approximate surface area is 196 Å². The summed E-state index contributed by atoms with van der Waals surface area (Å²) >= 11 is 0. The fourth-order valence-corrected chi connectivity index (χ4v) is 5.86. The van der Waals surface area contributed by atoms with Crippen molar-refractivity contribution < 1.29 is 17.2 Å². The Hall–Kier alpha value is -3.18. The van der Waals surface area contributed by atoms with Crippen molar-refractivity contribution in [2.24, 2.45) is 0 Å². The van der Waals surface area contributed by atoms with Gasteiger partial charge in [0.15, 0.2) is 15.7 Å². The number of sulfone groups is 1. The Morgan fingerprint density at radius 2 is 1.97 bits per heavy atom. The maximum Gasteiger partial charge on any atom is 0.229 e. The average molecular weight is 487 g/mol. The lowest BCUT2D eigenvalue weighted by molar-refractivity contribution is 0.553. The van der Waals surface area contributed by atoms with Crippen LogP contribution in [0.2, 0.25) is 0 Å². The Kier molecular flexibility index (Phi) is 5.68. The molecule has 2 aromatic heterocycles. The molecule has 2 aliphatic rings. The van der Waals surface area contributed by atoms with Crippen LogP contribution in [0.3, 0.4) is 0 Å². The normalized spacial score (nSPS) is 16.8. The zero-order valence-corrected chi connectivity index (χ0v) is 19.6. The minimum Gasteiger partial charge on any atom is -0.367 e. The highest BCUT2D eigenvalue weighted by atomic mass is 32.2. The molecule has 0 amide bonds. The smallest absolute Gasteiger partial charge is 0.229 e. The monoisotopic (exact) mass is 486 g/mol. The van der Waals surface area contributed by atoms with Crippen LogP contribution < -0.4 is 15.5 Å². The van der Waals surface area contributed by atoms with Crippen molar-refractivity contribution >= 4 is 27.3 Å². The molecule has 0 unspecified atom stereocenters. The van der Waals surface area contributed by atoms with Crippen LogP contribution in [0, 0.1) is 11.6 Å². The van der Waals surface area contributed by atoms with Crippen LogP contribution in [0.25, 0.3) is 11.3 Å². The largest absolute Gasteiger partial charge is 0.367 e. The number of nitrogens with zero attached hydrogens (tertiary/aromatic N) is 4. The summed E-state index contributed by atoms with van der Waals surface area (Å²) in [4.78, 5) is 14.3. The van der Waals surface area contributed by atoms with Crippen LogP contribution in [0.4, 0.5) is 26.2 Å². The van der Waals surface area contributed by atoms with Crippen LogP contribution in [-0.2, 0) is 22.8 Å². The second kappa shape index (κ2) is 8.55. The number of nitrogens with one attached hydrogen (secondary N) is 2. The molecule has 8 nitrogen and oxygen atoms in total. The number of fused-ring (bicyclic) bond motifs is 2. The standard InChI is InChI=1S/C23H24F2N6O2S/c1-13(2)31-7-8-34(32,33)22-16(24)9-15(10-19(22)31)21-17(25)12-27-23(30-21)29-20-4-3-14-11-26-6-5-18(14)28-20/h3-4,9-10,12-13,26H,5-8,11H2,1-2H3,(H,27,28,29,30). The van der Waals surface area contributed by atoms with Gasteiger partial charge in [-0.15, -0.1) is 0 Å². The van der Waals surface area contributed by atoms with Crippen molar-refractivity contribution in [1.29, 1.82) is 0 Å². The molecule has 0 bridgehead atoms. The van der Waals surface area contributed by atoms with Gasteiger partial charge in [0.25, 0.3) is 0 Å². The maximum absolute atomic E-state index is 15.1. The Bertz CT molecular complexity index is 1380. The highest BCUT2D eigenvalue weighted by molar-refractivity contribution is 7.91. The molecular weight excluding hydrogens is 462 g/mol. The van der Waals surface area contributed by atoms with Crippen molar-refractivity contribution in [3.63, 3.8) is 0 Å². The summed E-state index contributed by atoms with van der Waals surface area (Å²) in [6.07, 6.45) is 1.80. The van der Waals surface area contributed by atoms with E-state index in [2.05, 4.69) is 25.6 Å². The molecule has 0 saturated carbocycles. The minimum absolute atomic E-state index is 0.0679. The van der Waals surface area contributed by atoms with Crippen LogP contribution in [0.15, 0.2) is 35.4 Å². The van der Waals surface area contributed by atoms with E-state index in [-0.39, 0.29) is 46.1 Å². The summed E-state index contributed by atoms with van der Waals surface area (Å²) in [5, 5.41) is 6.27. The van der Waals surface area contributed by atoms with Crippen molar-refractivity contribution in [3.8, 4) is 11.3 Å². The zero-order chi connectivity index (χ0) is 24.0. The number of halogens is 2. The van der Waals surface area contributed by atoms with Gasteiger partial charge < -0.3 is 15.5 Å². The Morgan fingerprint density at radius 3 is 2.76 bits per heavy atom. The van der Waals surface area contributed by atoms with Gasteiger partial charge in [-0.3, -0.25) is 0 Å². The van der Waals surface area contributed by atoms with Crippen molar-refractivity contribution in [1.82, 2.24) is 20.3 Å². The lowest BCUT2D eigenvalue weighted by Gasteiger charge is -2.34. The summed E-state index contributed by atoms with van der Waals surface area (Å²) in [6.45, 7) is 5.61. The number of hydrogen-bond donors (Lipinski definition) is 2. The molecule has 0 spiro atoms. The molecule has 11 heteroatoms. The number of rotatable bonds is 4. The lowest BCUT2D eigenvalue weighted by atomic mass is 10.1. The topological polar surface area (TPSA) is 100 Å². The van der Waals surface area contributed by atoms with Gasteiger partial charge in [0.05, 0.1) is 17.6 Å². The van der Waals surface area contributed by atoms with Crippen LogP contribution in [-0.4, -0.2) is 48.3 Å². The molecule has 4 heterocycles. The first-order valence-electron chi connectivity index (χ1n) is 11.1. The molecule has 3 aromatic rings. The van der Waals surface area contributed by atoms with Crippen molar-refractivity contribution in [2.45, 2.75) is 37.8 Å². The van der Waals surface area contributed by atoms with E-state index in [0.717, 1.165) is 43.0 Å². The molecule has 5 rings (SSSR count). The van der Waals surface area contributed by atoms with E-state index in [1.54, 1.807) is 11.0 Å². The third-order valence-electron chi connectivity index (χ3n) is 6.05. The van der Waals surface area contributed by atoms with Crippen molar-refractivity contribution in [2.75, 3.05) is 29.1 Å². The van der Waals surface area contributed by atoms with E-state index >= 15 is 4.39 Å². The van der Waals surface area contributed by atoms with Crippen molar-refractivity contribution in [3.05, 3.63) is 53.4 Å². The molecule has 34 heavy (non-hydrogen) atoms. The summed E-state index contributed by atoms with van der Waals surface area (Å²) in [7, 11) is -3.77. The van der Waals surface area contributed by atoms with Crippen LogP contribution in [0.5, 0.6) is 0 Å². The van der Waals surface area contributed by atoms with Gasteiger partial charge in [-0.2, -0.15) is 0 Å². The predicted octanol–water partition coefficient (Wildman–Crippen LogP) is 3.21. The maximum atomic E-state index is 15.1. The van der Waals surface area contributed by atoms with Gasteiger partial charge in [0, 0.05) is 43.4 Å². The number of anilines is 3. The summed E-state index contributed by atoms with van der Waals surface area (Å²) in [6, 6.07) is 6.18. The van der Waals surface area contributed by atoms with Gasteiger partial charge in [0.1, 0.15) is 22.2 Å². The van der Waals surface area contributed by atoms with E-state index in [9.17, 15) is 12.8 Å². The average Bonchev–Trinajstić information content (AvgIpc) is 2.79. The number of benzene rings is 1. The summed E-state index contributed by atoms with van der Waals surface area (Å²) in [5.74, 6) is -1.22. The molecular formula is C23H24F2N6O2S. The van der Waals surface area contributed by atoms with E-state index in [0.29, 0.717) is 5.82 Å². The molecule has 0 fully saturated rings. The van der Waals surface area contributed by atoms with E-state index in [1.165, 1.54) is 6.07 Å². The number of hydrogen-bond acceptors (Lipinski definition) is 8. The van der Waals surface area contributed by atoms with E-state index < -0.39 is 21.5 Å². The first-order chi connectivity index (χ1) is 16.2. The van der Waals surface area contributed by atoms with E-state index in [1.807, 2.05) is 19.9 Å². The SMILES string of the molecule is CC(C)N1CCS(=O)(=O)c2c(F)cc(-c3nc(Nc4ccc5c(n4)CCNC5)ncc3F)cc21. The predicted molar refractivity (Wildman–Crippen MR) is 125 cm³/mol. The fourth-order valence-electron chi connectivity index (χ4n) is 4.37. The van der Waals surface area contributed by atoms with Crippen LogP contribution >= 0.6 is 0 Å². The highest BCUT2D eigenvalue weighted by Gasteiger charge is 2.33. The quantitative estimate of drug-likeness (QED) is 0.580. The molecule has 0 radical (unpaired) electrons. The second-order valence-electron chi connectivity index (χ2n) is 8.66. The zero-order valence-electron chi connectivity index (χ0n) is 18.8. The highest BCUT2D eigenvalue weighted by Crippen LogP contribution is 2.38. The Morgan fingerprint density at radius 1 is 1.15 bits per heavy atom. The molecule has 1 aromatic carbocycles. The first kappa shape index (κ1) is 22.6. The number of aromatic nitrogens is 3. The molecule has 178 valence electrons. The van der Waals surface area contributed by atoms with E-state index in [4.69, 9.17) is 0 Å². The molecule has 0 aliphatic carbocycles. The summed E-state index contributed by atoms with van der Waals surface area (Å²) < 4.78 is 54.9. The van der Waals surface area contributed by atoms with Gasteiger partial charge in [0.2, 0.25) is 5.95 Å². The van der Waals surface area contributed by atoms with Crippen LogP contribution in [0.1, 0.15) is 25.1 Å². The molecule has 0 saturated heterocycles. The summed E-state index contributed by atoms with van der Waals surface area (Å²) in [5.41, 5.74) is 2.30. The molecule has 0 atom stereocenters. The molecule has 2 N–H and O–H groups in total. The van der Waals surface area contributed by atoms with Gasteiger partial charge in [-0.1, -0.05) is 6.07 Å². The van der Waals surface area contributed by atoms with Gasteiger partial charge >= 0.3 is 0 Å². The minimum atomic E-state index is -3.77. The number of pyridine rings is 1. The van der Waals surface area contributed by atoms with Gasteiger partial charge in [-0.05, 0) is 37.6 Å². The van der Waals surface area contributed by atoms with Gasteiger partial charge in [-0.25, -0.2) is 32.2 Å². The Balaban J connectivity index is 1.54. The lowest BCUT2D eigenvalue weighted by Crippen LogP contribution is -2.40. The third-order valence-corrected chi connectivity index (χ3v) is 7.79. The fraction of sp³-hybridized carbons (Fsp3) is 0.348. The second-order valence-corrected chi connectivity index (χ2v) is 10.7. The third kappa shape index (κ3) is 4.09.